The molecule has 19 heavy (non-hydrogen) atoms. The lowest BCUT2D eigenvalue weighted by atomic mass is 10.1. The summed E-state index contributed by atoms with van der Waals surface area (Å²) < 4.78 is 5.64. The lowest BCUT2D eigenvalue weighted by molar-refractivity contribution is -0.118. The molecule has 1 aliphatic heterocycles. The monoisotopic (exact) mass is 262 g/mol. The summed E-state index contributed by atoms with van der Waals surface area (Å²) >= 11 is 0. The molecule has 104 valence electrons. The van der Waals surface area contributed by atoms with E-state index in [0.717, 1.165) is 24.3 Å². The quantitative estimate of drug-likeness (QED) is 0.884. The molecule has 0 saturated carbocycles. The predicted molar refractivity (Wildman–Crippen MR) is 76.7 cm³/mol. The van der Waals surface area contributed by atoms with Gasteiger partial charge in [-0.25, -0.2) is 0 Å². The van der Waals surface area contributed by atoms with Gasteiger partial charge in [0.2, 0.25) is 5.91 Å². The molecule has 1 amide bonds. The molecule has 0 aliphatic carbocycles. The summed E-state index contributed by atoms with van der Waals surface area (Å²) in [6, 6.07) is 8.09. The highest BCUT2D eigenvalue weighted by molar-refractivity contribution is 5.95. The summed E-state index contributed by atoms with van der Waals surface area (Å²) in [7, 11) is 1.95. The Morgan fingerprint density at radius 3 is 2.95 bits per heavy atom. The number of para-hydroxylation sites is 2. The number of benzene rings is 1. The molecule has 0 radical (unpaired) electrons. The zero-order valence-electron chi connectivity index (χ0n) is 11.7. The Morgan fingerprint density at radius 2 is 2.21 bits per heavy atom. The molecule has 0 spiro atoms. The Labute approximate surface area is 114 Å². The molecule has 2 rings (SSSR count). The number of ether oxygens (including phenoxy) is 1. The maximum absolute atomic E-state index is 12.3. The highest BCUT2D eigenvalue weighted by Crippen LogP contribution is 2.31. The van der Waals surface area contributed by atoms with Gasteiger partial charge in [-0.15, -0.1) is 0 Å². The number of rotatable bonds is 5. The Hall–Kier alpha value is -1.55. The van der Waals surface area contributed by atoms with Crippen LogP contribution in [-0.2, 0) is 4.79 Å². The first-order chi connectivity index (χ1) is 9.26. The molecule has 1 atom stereocenters. The molecule has 1 heterocycles. The first kappa shape index (κ1) is 13.9. The molecular weight excluding hydrogens is 240 g/mol. The van der Waals surface area contributed by atoms with E-state index in [0.29, 0.717) is 25.6 Å². The Bertz CT molecular complexity index is 434. The van der Waals surface area contributed by atoms with Gasteiger partial charge < -0.3 is 15.0 Å². The molecular formula is C15H22N2O2. The van der Waals surface area contributed by atoms with Crippen LogP contribution in [-0.4, -0.2) is 32.1 Å². The summed E-state index contributed by atoms with van der Waals surface area (Å²) in [6.45, 7) is 3.32. The number of anilines is 1. The minimum Gasteiger partial charge on any atom is -0.491 e. The van der Waals surface area contributed by atoms with Crippen LogP contribution < -0.4 is 15.0 Å². The van der Waals surface area contributed by atoms with Gasteiger partial charge in [-0.05, 0) is 25.6 Å². The number of fused-ring (bicyclic) bond motifs is 1. The van der Waals surface area contributed by atoms with Crippen molar-refractivity contribution in [2.75, 3.05) is 25.1 Å². The molecule has 4 nitrogen and oxygen atoms in total. The summed E-state index contributed by atoms with van der Waals surface area (Å²) in [4.78, 5) is 14.1. The second-order valence-electron chi connectivity index (χ2n) is 4.84. The maximum atomic E-state index is 12.3. The molecule has 1 aromatic rings. The van der Waals surface area contributed by atoms with E-state index >= 15 is 0 Å². The number of nitrogens with one attached hydrogen (secondary N) is 1. The van der Waals surface area contributed by atoms with Crippen LogP contribution in [0.25, 0.3) is 0 Å². The van der Waals surface area contributed by atoms with Crippen molar-refractivity contribution in [3.8, 4) is 5.75 Å². The van der Waals surface area contributed by atoms with Crippen molar-refractivity contribution >= 4 is 11.6 Å². The summed E-state index contributed by atoms with van der Waals surface area (Å²) in [6.07, 6.45) is 2.60. The van der Waals surface area contributed by atoms with Crippen molar-refractivity contribution in [2.45, 2.75) is 32.2 Å². The number of nitrogens with zero attached hydrogens (tertiary/aromatic N) is 1. The van der Waals surface area contributed by atoms with Crippen molar-refractivity contribution in [3.05, 3.63) is 24.3 Å². The molecule has 0 saturated heterocycles. The van der Waals surface area contributed by atoms with E-state index in [1.54, 1.807) is 0 Å². The Kier molecular flexibility index (Phi) is 4.80. The van der Waals surface area contributed by atoms with E-state index in [1.807, 2.05) is 36.2 Å². The van der Waals surface area contributed by atoms with Crippen LogP contribution in [0.5, 0.6) is 5.75 Å². The summed E-state index contributed by atoms with van der Waals surface area (Å²) in [5.74, 6) is 0.945. The second kappa shape index (κ2) is 6.57. The average molecular weight is 262 g/mol. The van der Waals surface area contributed by atoms with Gasteiger partial charge in [-0.1, -0.05) is 25.5 Å². The van der Waals surface area contributed by atoms with Crippen LogP contribution in [0, 0.1) is 0 Å². The molecule has 1 aliphatic rings. The van der Waals surface area contributed by atoms with Crippen LogP contribution in [0.15, 0.2) is 24.3 Å². The second-order valence-corrected chi connectivity index (χ2v) is 4.84. The number of amides is 1. The zero-order valence-corrected chi connectivity index (χ0v) is 11.7. The average Bonchev–Trinajstić information content (AvgIpc) is 2.58. The lowest BCUT2D eigenvalue weighted by Gasteiger charge is -2.27. The van der Waals surface area contributed by atoms with Gasteiger partial charge in [-0.3, -0.25) is 4.79 Å². The van der Waals surface area contributed by atoms with Crippen molar-refractivity contribution in [1.82, 2.24) is 5.32 Å². The van der Waals surface area contributed by atoms with Gasteiger partial charge in [0.25, 0.3) is 0 Å². The fourth-order valence-electron chi connectivity index (χ4n) is 2.42. The molecule has 0 bridgehead atoms. The standard InChI is InChI=1S/C15H22N2O2/c1-3-6-12(16-2)11-17-13-7-4-5-8-14(13)19-10-9-15(17)18/h4-5,7-8,12,16H,3,6,9-11H2,1-2H3. The van der Waals surface area contributed by atoms with Gasteiger partial charge in [0, 0.05) is 12.6 Å². The van der Waals surface area contributed by atoms with Crippen molar-refractivity contribution < 1.29 is 9.53 Å². The fraction of sp³-hybridized carbons (Fsp3) is 0.533. The number of hydrogen-bond donors (Lipinski definition) is 1. The third kappa shape index (κ3) is 3.26. The summed E-state index contributed by atoms with van der Waals surface area (Å²) in [5, 5.41) is 3.29. The first-order valence-electron chi connectivity index (χ1n) is 6.95. The first-order valence-corrected chi connectivity index (χ1v) is 6.95. The third-order valence-electron chi connectivity index (χ3n) is 3.48. The number of likely N-dealkylation sites (N-methyl/N-ethyl adjacent to an activating group) is 1. The van der Waals surface area contributed by atoms with Gasteiger partial charge in [0.1, 0.15) is 5.75 Å². The zero-order chi connectivity index (χ0) is 13.7. The van der Waals surface area contributed by atoms with Crippen LogP contribution in [0.2, 0.25) is 0 Å². The lowest BCUT2D eigenvalue weighted by Crippen LogP contribution is -2.42. The van der Waals surface area contributed by atoms with E-state index in [4.69, 9.17) is 4.74 Å². The molecule has 1 N–H and O–H groups in total. The third-order valence-corrected chi connectivity index (χ3v) is 3.48. The highest BCUT2D eigenvalue weighted by atomic mass is 16.5. The number of carbonyl (C=O) groups is 1. The van der Waals surface area contributed by atoms with Crippen molar-refractivity contribution in [2.24, 2.45) is 0 Å². The predicted octanol–water partition coefficient (Wildman–Crippen LogP) is 2.19. The Balaban J connectivity index is 2.23. The molecule has 1 unspecified atom stereocenters. The van der Waals surface area contributed by atoms with E-state index < -0.39 is 0 Å². The SMILES string of the molecule is CCCC(CN1C(=O)CCOc2ccccc21)NC. The van der Waals surface area contributed by atoms with Gasteiger partial charge in [-0.2, -0.15) is 0 Å². The van der Waals surface area contributed by atoms with E-state index in [9.17, 15) is 4.79 Å². The van der Waals surface area contributed by atoms with E-state index in [2.05, 4.69) is 12.2 Å². The molecule has 4 heteroatoms. The van der Waals surface area contributed by atoms with Crippen molar-refractivity contribution in [3.63, 3.8) is 0 Å². The smallest absolute Gasteiger partial charge is 0.230 e. The van der Waals surface area contributed by atoms with Crippen LogP contribution >= 0.6 is 0 Å². The number of hydrogen-bond acceptors (Lipinski definition) is 3. The van der Waals surface area contributed by atoms with E-state index in [-0.39, 0.29) is 5.91 Å². The topological polar surface area (TPSA) is 41.6 Å². The van der Waals surface area contributed by atoms with Gasteiger partial charge in [0.15, 0.2) is 0 Å². The molecule has 1 aromatic carbocycles. The van der Waals surface area contributed by atoms with Gasteiger partial charge in [0.05, 0.1) is 18.7 Å². The van der Waals surface area contributed by atoms with Crippen molar-refractivity contribution in [1.29, 1.82) is 0 Å². The minimum absolute atomic E-state index is 0.140. The maximum Gasteiger partial charge on any atom is 0.230 e. The number of carbonyl (C=O) groups excluding carboxylic acids is 1. The van der Waals surface area contributed by atoms with E-state index in [1.165, 1.54) is 0 Å². The highest BCUT2D eigenvalue weighted by Gasteiger charge is 2.24. The van der Waals surface area contributed by atoms with Gasteiger partial charge >= 0.3 is 0 Å². The largest absolute Gasteiger partial charge is 0.491 e. The normalized spacial score (nSPS) is 16.5. The minimum atomic E-state index is 0.140. The molecule has 0 fully saturated rings. The Morgan fingerprint density at radius 1 is 1.42 bits per heavy atom. The van der Waals surface area contributed by atoms with Crippen LogP contribution in [0.4, 0.5) is 5.69 Å². The van der Waals surface area contributed by atoms with Crippen LogP contribution in [0.1, 0.15) is 26.2 Å². The molecule has 0 aromatic heterocycles. The fourth-order valence-corrected chi connectivity index (χ4v) is 2.42. The van der Waals surface area contributed by atoms with Crippen LogP contribution in [0.3, 0.4) is 0 Å². The summed E-state index contributed by atoms with van der Waals surface area (Å²) in [5.41, 5.74) is 0.890.